The van der Waals surface area contributed by atoms with Crippen molar-refractivity contribution in [3.8, 4) is 0 Å². The topological polar surface area (TPSA) is 37.3 Å². The first-order valence-electron chi connectivity index (χ1n) is 11.7. The Morgan fingerprint density at radius 2 is 1.61 bits per heavy atom. The van der Waals surface area contributed by atoms with Gasteiger partial charge in [-0.25, -0.2) is 0 Å². The van der Waals surface area contributed by atoms with Crippen LogP contribution in [0.5, 0.6) is 0 Å². The van der Waals surface area contributed by atoms with Crippen LogP contribution in [0, 0.1) is 11.3 Å². The minimum Gasteiger partial charge on any atom is -0.481 e. The van der Waals surface area contributed by atoms with Gasteiger partial charge in [0.05, 0.1) is 5.92 Å². The average molecular weight is 389 g/mol. The Kier molecular flexibility index (Phi) is 12.9. The molecule has 0 aromatic carbocycles. The molecule has 2 atom stereocenters. The highest BCUT2D eigenvalue weighted by molar-refractivity contribution is 5.71. The maximum Gasteiger partial charge on any atom is 0.307 e. The third kappa shape index (κ3) is 10.3. The SMILES string of the molecule is CCCCCCCC/C=C\CCCCCCC(C(=O)O)C1(C)C=CC=C(C)C1. The zero-order chi connectivity index (χ0) is 20.7. The number of rotatable bonds is 16. The lowest BCUT2D eigenvalue weighted by Crippen LogP contribution is -2.33. The van der Waals surface area contributed by atoms with E-state index in [1.165, 1.54) is 69.8 Å². The largest absolute Gasteiger partial charge is 0.481 e. The Morgan fingerprint density at radius 3 is 2.18 bits per heavy atom. The number of carboxylic acid groups (broad SMARTS) is 1. The molecule has 2 nitrogen and oxygen atoms in total. The summed E-state index contributed by atoms with van der Waals surface area (Å²) in [6.45, 7) is 6.47. The van der Waals surface area contributed by atoms with Gasteiger partial charge in [0.15, 0.2) is 0 Å². The van der Waals surface area contributed by atoms with Crippen LogP contribution < -0.4 is 0 Å². The van der Waals surface area contributed by atoms with E-state index in [4.69, 9.17) is 0 Å². The molecule has 1 N–H and O–H groups in total. The molecule has 2 heteroatoms. The highest BCUT2D eigenvalue weighted by atomic mass is 16.4. The molecule has 1 rings (SSSR count). The first-order chi connectivity index (χ1) is 13.5. The third-order valence-electron chi connectivity index (χ3n) is 6.12. The van der Waals surface area contributed by atoms with E-state index in [0.29, 0.717) is 0 Å². The van der Waals surface area contributed by atoms with Crippen LogP contribution in [0.4, 0.5) is 0 Å². The molecule has 0 heterocycles. The van der Waals surface area contributed by atoms with Crippen LogP contribution >= 0.6 is 0 Å². The van der Waals surface area contributed by atoms with E-state index in [1.54, 1.807) is 0 Å². The standard InChI is InChI=1S/C26H44O2/c1-4-5-6-7-8-9-10-11-12-13-14-15-16-17-20-24(25(27)28)26(3)21-18-19-23(2)22-26/h11-12,18-19,21,24H,4-10,13-17,20,22H2,1-3H3,(H,27,28)/b12-11-. The second kappa shape index (κ2) is 14.7. The summed E-state index contributed by atoms with van der Waals surface area (Å²) in [5.74, 6) is -0.913. The Labute approximate surface area is 174 Å². The summed E-state index contributed by atoms with van der Waals surface area (Å²) < 4.78 is 0. The average Bonchev–Trinajstić information content (AvgIpc) is 2.64. The molecule has 1 aliphatic rings. The minimum atomic E-state index is -0.639. The first-order valence-corrected chi connectivity index (χ1v) is 11.7. The molecule has 0 saturated heterocycles. The zero-order valence-corrected chi connectivity index (χ0v) is 18.7. The van der Waals surface area contributed by atoms with Gasteiger partial charge in [-0.1, -0.05) is 101 Å². The van der Waals surface area contributed by atoms with Gasteiger partial charge in [0, 0.05) is 5.41 Å². The van der Waals surface area contributed by atoms with Crippen molar-refractivity contribution in [2.75, 3.05) is 0 Å². The molecule has 0 saturated carbocycles. The van der Waals surface area contributed by atoms with E-state index in [0.717, 1.165) is 25.7 Å². The van der Waals surface area contributed by atoms with E-state index in [-0.39, 0.29) is 11.3 Å². The lowest BCUT2D eigenvalue weighted by atomic mass is 9.69. The number of hydrogen-bond acceptors (Lipinski definition) is 1. The zero-order valence-electron chi connectivity index (χ0n) is 18.7. The highest BCUT2D eigenvalue weighted by Gasteiger charge is 2.37. The Morgan fingerprint density at radius 1 is 1.04 bits per heavy atom. The lowest BCUT2D eigenvalue weighted by molar-refractivity contribution is -0.145. The van der Waals surface area contributed by atoms with Crippen LogP contribution in [0.25, 0.3) is 0 Å². The van der Waals surface area contributed by atoms with Gasteiger partial charge in [-0.05, 0) is 45.4 Å². The lowest BCUT2D eigenvalue weighted by Gasteiger charge is -2.34. The smallest absolute Gasteiger partial charge is 0.307 e. The van der Waals surface area contributed by atoms with Crippen LogP contribution in [-0.4, -0.2) is 11.1 Å². The maximum atomic E-state index is 11.8. The summed E-state index contributed by atoms with van der Waals surface area (Å²) in [6, 6.07) is 0. The highest BCUT2D eigenvalue weighted by Crippen LogP contribution is 2.41. The molecular weight excluding hydrogens is 344 g/mol. The molecule has 0 aliphatic heterocycles. The normalized spacial score (nSPS) is 20.5. The van der Waals surface area contributed by atoms with Gasteiger partial charge >= 0.3 is 5.97 Å². The molecule has 1 aliphatic carbocycles. The van der Waals surface area contributed by atoms with Crippen molar-refractivity contribution < 1.29 is 9.90 Å². The van der Waals surface area contributed by atoms with E-state index in [2.05, 4.69) is 45.1 Å². The van der Waals surface area contributed by atoms with Crippen LogP contribution in [-0.2, 0) is 4.79 Å². The van der Waals surface area contributed by atoms with Crippen molar-refractivity contribution in [3.05, 3.63) is 36.0 Å². The Bertz CT molecular complexity index is 515. The first kappa shape index (κ1) is 24.7. The second-order valence-electron chi connectivity index (χ2n) is 8.96. The Balaban J connectivity index is 2.09. The molecular formula is C26H44O2. The fourth-order valence-electron chi connectivity index (χ4n) is 4.37. The van der Waals surface area contributed by atoms with Crippen molar-refractivity contribution in [1.29, 1.82) is 0 Å². The number of carbonyl (C=O) groups is 1. The number of allylic oxidation sites excluding steroid dienone is 6. The predicted molar refractivity (Wildman–Crippen MR) is 122 cm³/mol. The summed E-state index contributed by atoms with van der Waals surface area (Å²) in [5.41, 5.74) is 1.05. The molecule has 28 heavy (non-hydrogen) atoms. The van der Waals surface area contributed by atoms with Crippen LogP contribution in [0.1, 0.15) is 111 Å². The molecule has 0 bridgehead atoms. The van der Waals surface area contributed by atoms with Crippen molar-refractivity contribution in [2.24, 2.45) is 11.3 Å². The van der Waals surface area contributed by atoms with E-state index in [9.17, 15) is 9.90 Å². The fourth-order valence-corrected chi connectivity index (χ4v) is 4.37. The quantitative estimate of drug-likeness (QED) is 0.213. The van der Waals surface area contributed by atoms with Crippen LogP contribution in [0.2, 0.25) is 0 Å². The monoisotopic (exact) mass is 388 g/mol. The van der Waals surface area contributed by atoms with Gasteiger partial charge in [0.2, 0.25) is 0 Å². The number of aliphatic carboxylic acids is 1. The predicted octanol–water partition coefficient (Wildman–Crippen LogP) is 8.25. The fraction of sp³-hybridized carbons (Fsp3) is 0.731. The van der Waals surface area contributed by atoms with Gasteiger partial charge in [-0.2, -0.15) is 0 Å². The van der Waals surface area contributed by atoms with Crippen LogP contribution in [0.3, 0.4) is 0 Å². The molecule has 0 radical (unpaired) electrons. The molecule has 0 spiro atoms. The number of carboxylic acids is 1. The van der Waals surface area contributed by atoms with Crippen molar-refractivity contribution in [1.82, 2.24) is 0 Å². The minimum absolute atomic E-state index is 0.232. The van der Waals surface area contributed by atoms with Gasteiger partial charge in [0.1, 0.15) is 0 Å². The van der Waals surface area contributed by atoms with E-state index < -0.39 is 5.97 Å². The van der Waals surface area contributed by atoms with Gasteiger partial charge in [-0.3, -0.25) is 4.79 Å². The molecule has 160 valence electrons. The molecule has 0 fully saturated rings. The molecule has 0 amide bonds. The van der Waals surface area contributed by atoms with Crippen molar-refractivity contribution >= 4 is 5.97 Å². The van der Waals surface area contributed by atoms with Crippen molar-refractivity contribution in [3.63, 3.8) is 0 Å². The molecule has 2 unspecified atom stereocenters. The summed E-state index contributed by atoms with van der Waals surface area (Å²) in [7, 11) is 0. The van der Waals surface area contributed by atoms with Crippen LogP contribution in [0.15, 0.2) is 36.0 Å². The van der Waals surface area contributed by atoms with E-state index >= 15 is 0 Å². The molecule has 0 aromatic heterocycles. The van der Waals surface area contributed by atoms with Gasteiger partial charge in [-0.15, -0.1) is 0 Å². The number of unbranched alkanes of at least 4 members (excludes halogenated alkanes) is 10. The van der Waals surface area contributed by atoms with Crippen molar-refractivity contribution in [2.45, 2.75) is 111 Å². The van der Waals surface area contributed by atoms with E-state index in [1.807, 2.05) is 6.08 Å². The third-order valence-corrected chi connectivity index (χ3v) is 6.12. The second-order valence-corrected chi connectivity index (χ2v) is 8.96. The Hall–Kier alpha value is -1.31. The molecule has 0 aromatic rings. The summed E-state index contributed by atoms with van der Waals surface area (Å²) >= 11 is 0. The number of hydrogen-bond donors (Lipinski definition) is 1. The summed E-state index contributed by atoms with van der Waals surface area (Å²) in [4.78, 5) is 11.8. The summed E-state index contributed by atoms with van der Waals surface area (Å²) in [6.07, 6.45) is 27.8. The van der Waals surface area contributed by atoms with Gasteiger partial charge < -0.3 is 5.11 Å². The van der Waals surface area contributed by atoms with Gasteiger partial charge in [0.25, 0.3) is 0 Å². The summed E-state index contributed by atoms with van der Waals surface area (Å²) in [5, 5.41) is 9.72. The maximum absolute atomic E-state index is 11.8.